The monoisotopic (exact) mass is 707 g/mol. The molecule has 2 aliphatic rings. The van der Waals surface area contributed by atoms with Crippen LogP contribution in [0.2, 0.25) is 0 Å². The number of rotatable bonds is 10. The molecule has 0 unspecified atom stereocenters. The Morgan fingerprint density at radius 1 is 0.940 bits per heavy atom. The Bertz CT molecular complexity index is 1790. The number of thioether (sulfide) groups is 1. The van der Waals surface area contributed by atoms with Gasteiger partial charge < -0.3 is 30.0 Å². The number of halogens is 3. The molecule has 0 bridgehead atoms. The Hall–Kier alpha value is -4.43. The molecule has 0 saturated carbocycles. The molecule has 2 fully saturated rings. The van der Waals surface area contributed by atoms with Crippen LogP contribution in [0.25, 0.3) is 11.1 Å². The molecule has 1 aromatic heterocycles. The Labute approximate surface area is 291 Å². The number of aromatic nitrogens is 1. The summed E-state index contributed by atoms with van der Waals surface area (Å²) in [6.45, 7) is -0.0693. The van der Waals surface area contributed by atoms with Crippen LogP contribution in [0.4, 0.5) is 13.2 Å². The maximum atomic E-state index is 13.0. The van der Waals surface area contributed by atoms with Crippen molar-refractivity contribution in [3.63, 3.8) is 0 Å². The van der Waals surface area contributed by atoms with Crippen molar-refractivity contribution in [3.05, 3.63) is 125 Å². The van der Waals surface area contributed by atoms with Crippen LogP contribution < -0.4 is 10.0 Å². The van der Waals surface area contributed by atoms with Gasteiger partial charge in [-0.15, -0.1) is 0 Å². The molecule has 0 spiro atoms. The van der Waals surface area contributed by atoms with Crippen LogP contribution in [0, 0.1) is 5.21 Å². The lowest BCUT2D eigenvalue weighted by Crippen LogP contribution is -2.50. The number of aliphatic hydroxyl groups excluding tert-OH is 1. The van der Waals surface area contributed by atoms with Gasteiger partial charge in [0.05, 0.1) is 18.8 Å². The fourth-order valence-corrected chi connectivity index (χ4v) is 7.11. The minimum absolute atomic E-state index is 0.0559. The number of carbonyl (C=O) groups is 2. The molecule has 6 rings (SSSR count). The van der Waals surface area contributed by atoms with Crippen LogP contribution >= 0.6 is 11.8 Å². The number of aliphatic hydroxyl groups is 1. The molecule has 262 valence electrons. The van der Waals surface area contributed by atoms with Crippen molar-refractivity contribution in [1.29, 1.82) is 0 Å². The predicted molar refractivity (Wildman–Crippen MR) is 179 cm³/mol. The van der Waals surface area contributed by atoms with E-state index in [0.717, 1.165) is 38.1 Å². The topological polar surface area (TPSA) is 115 Å². The van der Waals surface area contributed by atoms with E-state index in [1.807, 2.05) is 78.9 Å². The highest BCUT2D eigenvalue weighted by molar-refractivity contribution is 7.99. The smallest absolute Gasteiger partial charge is 0.471 e. The number of nitrogens with zero attached hydrogens (tertiary/aromatic N) is 2. The maximum Gasteiger partial charge on any atom is 0.471 e. The van der Waals surface area contributed by atoms with Gasteiger partial charge in [-0.2, -0.15) is 17.9 Å². The van der Waals surface area contributed by atoms with E-state index >= 15 is 0 Å². The summed E-state index contributed by atoms with van der Waals surface area (Å²) < 4.78 is 52.7. The van der Waals surface area contributed by atoms with Gasteiger partial charge in [0.25, 0.3) is 5.03 Å². The molecular weight excluding hydrogens is 671 g/mol. The lowest BCUT2D eigenvalue weighted by Gasteiger charge is -2.36. The summed E-state index contributed by atoms with van der Waals surface area (Å²) in [7, 11) is 0. The van der Waals surface area contributed by atoms with Gasteiger partial charge in [-0.05, 0) is 52.8 Å². The van der Waals surface area contributed by atoms with Crippen LogP contribution in [0.3, 0.4) is 0 Å². The number of nitrogens with one attached hydrogen (secondary N) is 1. The fraction of sp³-hybridized carbons (Fsp3) is 0.324. The molecule has 2 N–H and O–H groups in total. The maximum absolute atomic E-state index is 13.0. The van der Waals surface area contributed by atoms with E-state index in [4.69, 9.17) is 9.47 Å². The lowest BCUT2D eigenvalue weighted by molar-refractivity contribution is -0.645. The van der Waals surface area contributed by atoms with Gasteiger partial charge in [-0.1, -0.05) is 78.5 Å². The highest BCUT2D eigenvalue weighted by Crippen LogP contribution is 2.39. The summed E-state index contributed by atoms with van der Waals surface area (Å²) in [5.74, 6) is -2.07. The van der Waals surface area contributed by atoms with Gasteiger partial charge >= 0.3 is 12.1 Å². The van der Waals surface area contributed by atoms with E-state index in [2.05, 4.69) is 5.32 Å². The van der Waals surface area contributed by atoms with E-state index < -0.39 is 30.3 Å². The molecule has 3 heterocycles. The zero-order valence-electron chi connectivity index (χ0n) is 26.9. The number of likely N-dealkylation sites (tertiary alicyclic amines) is 1. The van der Waals surface area contributed by atoms with Crippen LogP contribution in [0.15, 0.2) is 102 Å². The number of carbonyl (C=O) groups excluding carboxylic acids is 2. The standard InChI is InChI=1S/C37H36F3N3O6S/c38-37(39,40)36(46)42-17-4-7-31(42)34(45)41-21-25-5-3-6-29(19-25)26-13-15-28(16-14-26)35-48-30(23-50-33-8-1-2-18-43(33)47)20-32(49-35)27-11-9-24(22-44)10-12-27/h1-3,5-6,8-16,18-19,30-32,35,44H,4,7,17,20-23H2,(H,41,45)/t30-,31+,32+,35+/m1/s1. The molecule has 0 radical (unpaired) electrons. The molecule has 9 nitrogen and oxygen atoms in total. The van der Waals surface area contributed by atoms with Gasteiger partial charge in [0.1, 0.15) is 6.04 Å². The molecule has 3 aromatic carbocycles. The van der Waals surface area contributed by atoms with E-state index in [1.54, 1.807) is 12.1 Å². The number of ether oxygens (including phenoxy) is 2. The first kappa shape index (κ1) is 35.4. The quantitative estimate of drug-likeness (QED) is 0.118. The van der Waals surface area contributed by atoms with E-state index in [9.17, 15) is 33.1 Å². The van der Waals surface area contributed by atoms with Gasteiger partial charge in [-0.25, -0.2) is 0 Å². The van der Waals surface area contributed by atoms with Gasteiger partial charge in [0, 0.05) is 43.0 Å². The number of amides is 2. The number of hydrogen-bond donors (Lipinski definition) is 2. The van der Waals surface area contributed by atoms with E-state index in [1.165, 1.54) is 18.0 Å². The van der Waals surface area contributed by atoms with Crippen LogP contribution in [0.1, 0.15) is 53.9 Å². The van der Waals surface area contributed by atoms with Gasteiger partial charge in [0.2, 0.25) is 5.91 Å². The molecule has 50 heavy (non-hydrogen) atoms. The largest absolute Gasteiger partial charge is 0.618 e. The lowest BCUT2D eigenvalue weighted by atomic mass is 9.99. The number of alkyl halides is 3. The van der Waals surface area contributed by atoms with E-state index in [-0.39, 0.29) is 38.3 Å². The molecule has 2 aliphatic heterocycles. The number of hydrogen-bond acceptors (Lipinski definition) is 7. The molecule has 4 aromatic rings. The molecule has 2 amide bonds. The van der Waals surface area contributed by atoms with Crippen molar-refractivity contribution in [1.82, 2.24) is 10.2 Å². The highest BCUT2D eigenvalue weighted by atomic mass is 32.2. The Kier molecular flexibility index (Phi) is 11.1. The van der Waals surface area contributed by atoms with Gasteiger partial charge in [-0.3, -0.25) is 9.59 Å². The third kappa shape index (κ3) is 8.47. The van der Waals surface area contributed by atoms with Crippen molar-refractivity contribution >= 4 is 23.6 Å². The second kappa shape index (κ2) is 15.6. The summed E-state index contributed by atoms with van der Waals surface area (Å²) in [5.41, 5.74) is 5.07. The normalized spacial score (nSPS) is 20.8. The van der Waals surface area contributed by atoms with Crippen LogP contribution in [0.5, 0.6) is 0 Å². The highest BCUT2D eigenvalue weighted by Gasteiger charge is 2.47. The van der Waals surface area contributed by atoms with Crippen molar-refractivity contribution < 1.29 is 42.1 Å². The summed E-state index contributed by atoms with van der Waals surface area (Å²) >= 11 is 1.42. The minimum atomic E-state index is -5.03. The molecule has 0 aliphatic carbocycles. The summed E-state index contributed by atoms with van der Waals surface area (Å²) in [5, 5.41) is 25.0. The van der Waals surface area contributed by atoms with Crippen LogP contribution in [-0.4, -0.2) is 52.4 Å². The second-order valence-electron chi connectivity index (χ2n) is 12.2. The minimum Gasteiger partial charge on any atom is -0.618 e. The van der Waals surface area contributed by atoms with E-state index in [0.29, 0.717) is 28.5 Å². The zero-order chi connectivity index (χ0) is 35.3. The summed E-state index contributed by atoms with van der Waals surface area (Å²) in [6, 6.07) is 26.9. The Morgan fingerprint density at radius 3 is 2.42 bits per heavy atom. The van der Waals surface area contributed by atoms with Crippen molar-refractivity contribution in [2.24, 2.45) is 0 Å². The zero-order valence-corrected chi connectivity index (χ0v) is 27.7. The molecule has 2 saturated heterocycles. The van der Waals surface area contributed by atoms with Crippen molar-refractivity contribution in [3.8, 4) is 11.1 Å². The van der Waals surface area contributed by atoms with Gasteiger partial charge in [0.15, 0.2) is 12.5 Å². The van der Waals surface area contributed by atoms with Crippen molar-refractivity contribution in [2.75, 3.05) is 12.3 Å². The Balaban J connectivity index is 1.13. The average molecular weight is 708 g/mol. The van der Waals surface area contributed by atoms with Crippen molar-refractivity contribution in [2.45, 2.75) is 68.2 Å². The first-order chi connectivity index (χ1) is 24.1. The summed E-state index contributed by atoms with van der Waals surface area (Å²) in [6.07, 6.45) is -3.67. The molecule has 4 atom stereocenters. The summed E-state index contributed by atoms with van der Waals surface area (Å²) in [4.78, 5) is 25.2. The Morgan fingerprint density at radius 2 is 1.70 bits per heavy atom. The SMILES string of the molecule is O=C(NCc1cccc(-c2ccc([C@H]3O[C@@H](CSc4cccc[n+]4[O-])C[C@@H](c4ccc(CO)cc4)O3)cc2)c1)[C@@H]1CCCN1C(=O)C(F)(F)F. The third-order valence-corrected chi connectivity index (χ3v) is 9.94. The fourth-order valence-electron chi connectivity index (χ4n) is 6.17. The molecular formula is C37H36F3N3O6S. The van der Waals surface area contributed by atoms with Crippen LogP contribution in [-0.2, 0) is 32.2 Å². The first-order valence-corrected chi connectivity index (χ1v) is 17.2. The second-order valence-corrected chi connectivity index (χ2v) is 13.3. The number of pyridine rings is 1. The number of benzene rings is 3. The molecule has 13 heteroatoms. The predicted octanol–water partition coefficient (Wildman–Crippen LogP) is 5.99. The third-order valence-electron chi connectivity index (χ3n) is 8.79. The first-order valence-electron chi connectivity index (χ1n) is 16.3. The average Bonchev–Trinajstić information content (AvgIpc) is 3.63.